The number of nitrogens with zero attached hydrogens (tertiary/aromatic N) is 2. The number of hydrogen-bond acceptors (Lipinski definition) is 5. The Hall–Kier alpha value is -1.33. The van der Waals surface area contributed by atoms with Gasteiger partial charge in [-0.25, -0.2) is 8.42 Å². The third-order valence-corrected chi connectivity index (χ3v) is 5.71. The van der Waals surface area contributed by atoms with Gasteiger partial charge in [-0.1, -0.05) is 0 Å². The predicted octanol–water partition coefficient (Wildman–Crippen LogP) is 1.36. The zero-order valence-electron chi connectivity index (χ0n) is 12.6. The second kappa shape index (κ2) is 7.79. The van der Waals surface area contributed by atoms with E-state index in [1.807, 2.05) is 13.1 Å². The molecule has 0 radical (unpaired) electrons. The Kier molecular flexibility index (Phi) is 6.63. The van der Waals surface area contributed by atoms with Crippen molar-refractivity contribution in [2.45, 2.75) is 23.8 Å². The van der Waals surface area contributed by atoms with E-state index in [1.165, 1.54) is 29.6 Å². The molecule has 0 bridgehead atoms. The normalized spacial score (nSPS) is 16.6. The molecule has 0 spiro atoms. The van der Waals surface area contributed by atoms with Crippen LogP contribution in [0.3, 0.4) is 0 Å². The van der Waals surface area contributed by atoms with Crippen molar-refractivity contribution < 1.29 is 13.2 Å². The molecule has 1 N–H and O–H groups in total. The van der Waals surface area contributed by atoms with Crippen molar-refractivity contribution in [3.8, 4) is 11.8 Å². The van der Waals surface area contributed by atoms with Gasteiger partial charge in [0.25, 0.3) is 0 Å². The summed E-state index contributed by atoms with van der Waals surface area (Å²) < 4.78 is 32.0. The smallest absolute Gasteiger partial charge is 0.246 e. The maximum Gasteiger partial charge on any atom is 0.246 e. The summed E-state index contributed by atoms with van der Waals surface area (Å²) in [7, 11) is -0.297. The first-order valence-corrected chi connectivity index (χ1v) is 8.22. The van der Waals surface area contributed by atoms with Gasteiger partial charge >= 0.3 is 0 Å². The molecule has 0 aliphatic carbocycles. The van der Waals surface area contributed by atoms with E-state index in [-0.39, 0.29) is 23.1 Å². The van der Waals surface area contributed by atoms with Gasteiger partial charge in [-0.05, 0) is 38.1 Å². The zero-order chi connectivity index (χ0) is 15.5. The molecule has 0 atom stereocenters. The molecule has 22 heavy (non-hydrogen) atoms. The second-order valence-electron chi connectivity index (χ2n) is 4.94. The van der Waals surface area contributed by atoms with Crippen molar-refractivity contribution in [3.05, 3.63) is 23.8 Å². The number of nitriles is 1. The summed E-state index contributed by atoms with van der Waals surface area (Å²) >= 11 is 0. The molecule has 1 aliphatic rings. The third kappa shape index (κ3) is 3.70. The number of nitrogens with one attached hydrogen (secondary N) is 1. The van der Waals surface area contributed by atoms with Crippen LogP contribution >= 0.6 is 12.4 Å². The van der Waals surface area contributed by atoms with Crippen molar-refractivity contribution in [2.75, 3.05) is 27.2 Å². The van der Waals surface area contributed by atoms with E-state index in [0.717, 1.165) is 12.8 Å². The Labute approximate surface area is 137 Å². The van der Waals surface area contributed by atoms with Gasteiger partial charge in [0.15, 0.2) is 0 Å². The van der Waals surface area contributed by atoms with E-state index in [0.29, 0.717) is 24.7 Å². The van der Waals surface area contributed by atoms with E-state index >= 15 is 0 Å². The molecule has 0 saturated carbocycles. The second-order valence-corrected chi connectivity index (χ2v) is 6.85. The molecule has 8 heteroatoms. The molecule has 1 saturated heterocycles. The van der Waals surface area contributed by atoms with Gasteiger partial charge in [-0.15, -0.1) is 12.4 Å². The molecule has 1 fully saturated rings. The van der Waals surface area contributed by atoms with Crippen LogP contribution in [0.4, 0.5) is 0 Å². The summed E-state index contributed by atoms with van der Waals surface area (Å²) in [4.78, 5) is 0.118. The minimum absolute atomic E-state index is 0. The third-order valence-electron chi connectivity index (χ3n) is 3.77. The predicted molar refractivity (Wildman–Crippen MR) is 85.8 cm³/mol. The Balaban J connectivity index is 0.00000242. The fourth-order valence-corrected chi connectivity index (χ4v) is 4.08. The summed E-state index contributed by atoms with van der Waals surface area (Å²) in [5, 5.41) is 12.1. The minimum Gasteiger partial charge on any atom is -0.495 e. The molecule has 1 aliphatic heterocycles. The number of ether oxygens (including phenoxy) is 1. The maximum absolute atomic E-state index is 12.7. The SMILES string of the molecule is CNC1CCN(S(=O)(=O)c2ccc(C#N)cc2OC)CC1.Cl. The molecule has 0 amide bonds. The Bertz CT molecular complexity index is 650. The van der Waals surface area contributed by atoms with E-state index in [4.69, 9.17) is 10.00 Å². The summed E-state index contributed by atoms with van der Waals surface area (Å²) in [5.41, 5.74) is 0.375. The highest BCUT2D eigenvalue weighted by Gasteiger charge is 2.31. The van der Waals surface area contributed by atoms with Gasteiger partial charge in [0, 0.05) is 19.1 Å². The largest absolute Gasteiger partial charge is 0.495 e. The highest BCUT2D eigenvalue weighted by molar-refractivity contribution is 7.89. The molecule has 1 aromatic rings. The van der Waals surface area contributed by atoms with Crippen LogP contribution in [0.25, 0.3) is 0 Å². The first-order chi connectivity index (χ1) is 10.0. The van der Waals surface area contributed by atoms with Gasteiger partial charge in [0.05, 0.1) is 18.7 Å². The van der Waals surface area contributed by atoms with E-state index in [1.54, 1.807) is 0 Å². The van der Waals surface area contributed by atoms with Crippen molar-refractivity contribution in [2.24, 2.45) is 0 Å². The number of hydrogen-bond donors (Lipinski definition) is 1. The fourth-order valence-electron chi connectivity index (χ4n) is 2.47. The van der Waals surface area contributed by atoms with E-state index in [9.17, 15) is 8.42 Å². The number of sulfonamides is 1. The quantitative estimate of drug-likeness (QED) is 0.891. The number of halogens is 1. The van der Waals surface area contributed by atoms with Crippen LogP contribution in [0, 0.1) is 11.3 Å². The van der Waals surface area contributed by atoms with Gasteiger partial charge in [-0.2, -0.15) is 9.57 Å². The highest BCUT2D eigenvalue weighted by Crippen LogP contribution is 2.29. The van der Waals surface area contributed by atoms with E-state index < -0.39 is 10.0 Å². The molecule has 1 aromatic carbocycles. The molecule has 0 aromatic heterocycles. The molecule has 6 nitrogen and oxygen atoms in total. The molecular formula is C14H20ClN3O3S. The van der Waals surface area contributed by atoms with Crippen LogP contribution in [0.5, 0.6) is 5.75 Å². The lowest BCUT2D eigenvalue weighted by atomic mass is 10.1. The summed E-state index contributed by atoms with van der Waals surface area (Å²) in [5.74, 6) is 0.213. The fraction of sp³-hybridized carbons (Fsp3) is 0.500. The van der Waals surface area contributed by atoms with Crippen molar-refractivity contribution in [3.63, 3.8) is 0 Å². The van der Waals surface area contributed by atoms with Crippen molar-refractivity contribution in [1.82, 2.24) is 9.62 Å². The minimum atomic E-state index is -3.59. The van der Waals surface area contributed by atoms with Gasteiger partial charge in [0.1, 0.15) is 10.6 Å². The Morgan fingerprint density at radius 2 is 2.00 bits per heavy atom. The monoisotopic (exact) mass is 345 g/mol. The first kappa shape index (κ1) is 18.7. The molecule has 1 heterocycles. The van der Waals surface area contributed by atoms with Gasteiger partial charge in [-0.3, -0.25) is 0 Å². The highest BCUT2D eigenvalue weighted by atomic mass is 35.5. The Morgan fingerprint density at radius 3 is 2.50 bits per heavy atom. The maximum atomic E-state index is 12.7. The lowest BCUT2D eigenvalue weighted by molar-refractivity contribution is 0.297. The summed E-state index contributed by atoms with van der Waals surface area (Å²) in [6.45, 7) is 0.966. The number of piperidine rings is 1. The van der Waals surface area contributed by atoms with Crippen LogP contribution in [0.15, 0.2) is 23.1 Å². The summed E-state index contributed by atoms with van der Waals surface area (Å²) in [6, 6.07) is 6.73. The zero-order valence-corrected chi connectivity index (χ0v) is 14.2. The van der Waals surface area contributed by atoms with Gasteiger partial charge < -0.3 is 10.1 Å². The van der Waals surface area contributed by atoms with E-state index in [2.05, 4.69) is 5.32 Å². The Morgan fingerprint density at radius 1 is 1.36 bits per heavy atom. The number of benzene rings is 1. The molecular weight excluding hydrogens is 326 g/mol. The van der Waals surface area contributed by atoms with Gasteiger partial charge in [0.2, 0.25) is 10.0 Å². The lowest BCUT2D eigenvalue weighted by Crippen LogP contribution is -2.43. The number of methoxy groups -OCH3 is 1. The average Bonchev–Trinajstić information content (AvgIpc) is 2.54. The summed E-state index contributed by atoms with van der Waals surface area (Å²) in [6.07, 6.45) is 1.57. The molecule has 2 rings (SSSR count). The van der Waals surface area contributed by atoms with Crippen LogP contribution < -0.4 is 10.1 Å². The van der Waals surface area contributed by atoms with Crippen LogP contribution in [-0.2, 0) is 10.0 Å². The van der Waals surface area contributed by atoms with Crippen molar-refractivity contribution in [1.29, 1.82) is 5.26 Å². The average molecular weight is 346 g/mol. The molecule has 122 valence electrons. The lowest BCUT2D eigenvalue weighted by Gasteiger charge is -2.31. The topological polar surface area (TPSA) is 82.4 Å². The van der Waals surface area contributed by atoms with Crippen LogP contribution in [-0.4, -0.2) is 46.0 Å². The standard InChI is InChI=1S/C14H19N3O3S.ClH/c1-16-12-5-7-17(8-6-12)21(18,19)14-4-3-11(10-15)9-13(14)20-2;/h3-4,9,12,16H,5-8H2,1-2H3;1H. The van der Waals surface area contributed by atoms with Crippen LogP contribution in [0.1, 0.15) is 18.4 Å². The molecule has 0 unspecified atom stereocenters. The first-order valence-electron chi connectivity index (χ1n) is 6.78. The number of rotatable bonds is 4. The van der Waals surface area contributed by atoms with Crippen LogP contribution in [0.2, 0.25) is 0 Å². The van der Waals surface area contributed by atoms with Crippen molar-refractivity contribution >= 4 is 22.4 Å².